The summed E-state index contributed by atoms with van der Waals surface area (Å²) < 4.78 is 0. The van der Waals surface area contributed by atoms with Crippen molar-refractivity contribution in [2.75, 3.05) is 0 Å². The van der Waals surface area contributed by atoms with Crippen molar-refractivity contribution < 1.29 is 15.0 Å². The number of hydroxylamine groups is 2. The van der Waals surface area contributed by atoms with Crippen LogP contribution in [0.2, 0.25) is 0 Å². The van der Waals surface area contributed by atoms with Crippen molar-refractivity contribution in [2.24, 2.45) is 5.16 Å². The van der Waals surface area contributed by atoms with E-state index in [0.717, 1.165) is 6.21 Å². The van der Waals surface area contributed by atoms with Gasteiger partial charge in [0.1, 0.15) is 0 Å². The monoisotopic (exact) mass is 114 g/mol. The maximum Gasteiger partial charge on any atom is 0.535 e. The molecule has 0 spiro atoms. The van der Waals surface area contributed by atoms with Crippen LogP contribution in [0.3, 0.4) is 0 Å². The predicted molar refractivity (Wildman–Crippen MR) is 22.5 cm³/mol. The highest BCUT2D eigenvalue weighted by Gasteiger charge is 2.22. The Labute approximate surface area is 44.1 Å². The van der Waals surface area contributed by atoms with Gasteiger partial charge in [-0.3, -0.25) is 0 Å². The molecule has 0 aromatic heterocycles. The van der Waals surface area contributed by atoms with Crippen LogP contribution in [0.4, 0.5) is 0 Å². The molecular formula is C2H2N4O2. The zero-order valence-corrected chi connectivity index (χ0v) is 3.74. The van der Waals surface area contributed by atoms with Crippen LogP contribution >= 0.6 is 0 Å². The lowest BCUT2D eigenvalue weighted by Crippen LogP contribution is -3.07. The summed E-state index contributed by atoms with van der Waals surface area (Å²) in [5.74, 6) is -0.176. The molecule has 0 aromatic carbocycles. The number of hydrogen-bond donors (Lipinski definition) is 1. The molecule has 1 N–H and O–H groups in total. The molecule has 42 valence electrons. The third kappa shape index (κ3) is 0.584. The van der Waals surface area contributed by atoms with E-state index < -0.39 is 5.23 Å². The van der Waals surface area contributed by atoms with E-state index in [-0.39, 0.29) is 5.84 Å². The minimum Gasteiger partial charge on any atom is -0.578 e. The molecule has 0 aromatic rings. The summed E-state index contributed by atoms with van der Waals surface area (Å²) in [5, 5.41) is 12.5. The van der Waals surface area contributed by atoms with Crippen molar-refractivity contribution in [2.45, 2.75) is 0 Å². The molecular weight excluding hydrogens is 112 g/mol. The fraction of sp³-hybridized carbons (Fsp3) is 0. The van der Waals surface area contributed by atoms with E-state index in [0.29, 0.717) is 0 Å². The standard InChI is InChI=1S/C2H2N4O2/c3-5-2-1-4-8-6(2)7/h1,6H. The third-order valence-corrected chi connectivity index (χ3v) is 0.627. The van der Waals surface area contributed by atoms with Crippen molar-refractivity contribution in [1.29, 1.82) is 0 Å². The summed E-state index contributed by atoms with van der Waals surface area (Å²) in [5.41, 5.74) is 7.93. The largest absolute Gasteiger partial charge is 0.578 e. The van der Waals surface area contributed by atoms with Crippen LogP contribution in [-0.4, -0.2) is 16.8 Å². The van der Waals surface area contributed by atoms with E-state index in [2.05, 4.69) is 14.9 Å². The van der Waals surface area contributed by atoms with E-state index in [1.54, 1.807) is 0 Å². The van der Waals surface area contributed by atoms with Crippen LogP contribution in [0.5, 0.6) is 0 Å². The number of hydrogen-bond acceptors (Lipinski definition) is 3. The summed E-state index contributed by atoms with van der Waals surface area (Å²) in [6.07, 6.45) is 1.03. The molecule has 1 aliphatic heterocycles. The Morgan fingerprint density at radius 1 is 2.00 bits per heavy atom. The predicted octanol–water partition coefficient (Wildman–Crippen LogP) is -2.07. The first-order valence-electron chi connectivity index (χ1n) is 1.81. The Balaban J connectivity index is 2.82. The quantitative estimate of drug-likeness (QED) is 0.223. The molecule has 6 heteroatoms. The molecule has 0 aliphatic carbocycles. The second kappa shape index (κ2) is 1.71. The fourth-order valence-corrected chi connectivity index (χ4v) is 0.290. The maximum atomic E-state index is 10.2. The molecule has 0 bridgehead atoms. The molecule has 0 amide bonds. The van der Waals surface area contributed by atoms with Gasteiger partial charge in [0.15, 0.2) is 0 Å². The van der Waals surface area contributed by atoms with Gasteiger partial charge in [-0.15, -0.1) is 0 Å². The first-order valence-corrected chi connectivity index (χ1v) is 1.81. The normalized spacial score (nSPS) is 25.1. The van der Waals surface area contributed by atoms with Crippen LogP contribution < -0.4 is 5.23 Å². The minimum absolute atomic E-state index is 0.176. The molecule has 1 unspecified atom stereocenters. The fourth-order valence-electron chi connectivity index (χ4n) is 0.290. The molecule has 0 saturated carbocycles. The van der Waals surface area contributed by atoms with Gasteiger partial charge in [-0.05, 0) is 10.4 Å². The Bertz CT molecular complexity index is 169. The highest BCUT2D eigenvalue weighted by atomic mass is 17.0. The summed E-state index contributed by atoms with van der Waals surface area (Å²) in [7, 11) is 0. The second-order valence-corrected chi connectivity index (χ2v) is 1.10. The molecule has 0 radical (unpaired) electrons. The average Bonchev–Trinajstić information content (AvgIpc) is 2.14. The topological polar surface area (TPSA) is 85.5 Å². The minimum atomic E-state index is -0.729. The average molecular weight is 114 g/mol. The van der Waals surface area contributed by atoms with Crippen molar-refractivity contribution in [3.63, 3.8) is 0 Å². The lowest BCUT2D eigenvalue weighted by molar-refractivity contribution is -0.976. The number of nitrogens with zero attached hydrogens (tertiary/aromatic N) is 3. The van der Waals surface area contributed by atoms with Crippen molar-refractivity contribution in [1.82, 2.24) is 0 Å². The summed E-state index contributed by atoms with van der Waals surface area (Å²) in [4.78, 5) is 6.56. The SMILES string of the molecule is [N-]=[N+]=C1C=NO[NH+]1[O-]. The van der Waals surface area contributed by atoms with E-state index in [4.69, 9.17) is 5.53 Å². The zero-order chi connectivity index (χ0) is 5.98. The molecule has 1 rings (SSSR count). The Hall–Kier alpha value is -1.23. The Kier molecular flexibility index (Phi) is 1.05. The molecule has 1 atom stereocenters. The van der Waals surface area contributed by atoms with E-state index in [1.807, 2.05) is 0 Å². The molecule has 1 aliphatic rings. The van der Waals surface area contributed by atoms with Gasteiger partial charge in [0.2, 0.25) is 6.21 Å². The van der Waals surface area contributed by atoms with Gasteiger partial charge in [0, 0.05) is 0 Å². The highest BCUT2D eigenvalue weighted by molar-refractivity contribution is 6.22. The van der Waals surface area contributed by atoms with Gasteiger partial charge in [-0.25, -0.2) is 0 Å². The molecule has 0 fully saturated rings. The smallest absolute Gasteiger partial charge is 0.535 e. The van der Waals surface area contributed by atoms with Gasteiger partial charge in [-0.2, -0.15) is 4.94 Å². The summed E-state index contributed by atoms with van der Waals surface area (Å²) >= 11 is 0. The number of rotatable bonds is 0. The number of nitrogens with one attached hydrogen (secondary N) is 1. The van der Waals surface area contributed by atoms with Gasteiger partial charge in [0.05, 0.1) is 0 Å². The van der Waals surface area contributed by atoms with Gasteiger partial charge >= 0.3 is 5.84 Å². The van der Waals surface area contributed by atoms with Gasteiger partial charge in [0.25, 0.3) is 0 Å². The second-order valence-electron chi connectivity index (χ2n) is 1.10. The molecule has 8 heavy (non-hydrogen) atoms. The third-order valence-electron chi connectivity index (χ3n) is 0.627. The number of oxime groups is 1. The van der Waals surface area contributed by atoms with Gasteiger partial charge < -0.3 is 10.7 Å². The molecule has 1 heterocycles. The lowest BCUT2D eigenvalue weighted by Gasteiger charge is -1.99. The van der Waals surface area contributed by atoms with Crippen LogP contribution in [0.15, 0.2) is 5.16 Å². The van der Waals surface area contributed by atoms with Gasteiger partial charge in [-0.1, -0.05) is 4.79 Å². The maximum absolute atomic E-state index is 10.2. The lowest BCUT2D eigenvalue weighted by atomic mass is 10.7. The van der Waals surface area contributed by atoms with Crippen molar-refractivity contribution in [3.05, 3.63) is 10.7 Å². The van der Waals surface area contributed by atoms with Crippen LogP contribution in [0.1, 0.15) is 0 Å². The van der Waals surface area contributed by atoms with E-state index in [1.165, 1.54) is 0 Å². The molecule has 6 nitrogen and oxygen atoms in total. The zero-order valence-electron chi connectivity index (χ0n) is 3.74. The molecule has 0 saturated heterocycles. The van der Waals surface area contributed by atoms with Crippen LogP contribution in [0, 0.1) is 5.21 Å². The number of amidine groups is 1. The van der Waals surface area contributed by atoms with Crippen molar-refractivity contribution in [3.8, 4) is 0 Å². The van der Waals surface area contributed by atoms with Crippen LogP contribution in [-0.2, 0) is 4.94 Å². The number of quaternary nitrogens is 1. The summed E-state index contributed by atoms with van der Waals surface area (Å²) in [6, 6.07) is 0. The van der Waals surface area contributed by atoms with Crippen molar-refractivity contribution >= 4 is 12.1 Å². The Morgan fingerprint density at radius 2 is 2.75 bits per heavy atom. The first kappa shape index (κ1) is 4.92. The Morgan fingerprint density at radius 3 is 3.00 bits per heavy atom. The highest BCUT2D eigenvalue weighted by Crippen LogP contribution is 1.67. The first-order chi connectivity index (χ1) is 3.84. The van der Waals surface area contributed by atoms with E-state index >= 15 is 0 Å². The van der Waals surface area contributed by atoms with E-state index in [9.17, 15) is 5.21 Å². The van der Waals surface area contributed by atoms with Crippen LogP contribution in [0.25, 0.3) is 5.53 Å². The summed E-state index contributed by atoms with van der Waals surface area (Å²) in [6.45, 7) is 0.